The fourth-order valence-corrected chi connectivity index (χ4v) is 3.31. The summed E-state index contributed by atoms with van der Waals surface area (Å²) >= 11 is 3.12. The lowest BCUT2D eigenvalue weighted by atomic mass is 10.1. The molecular weight excluding hydrogens is 293 g/mol. The molecule has 1 heterocycles. The molecule has 0 radical (unpaired) electrons. The summed E-state index contributed by atoms with van der Waals surface area (Å²) in [6.45, 7) is 0. The van der Waals surface area contributed by atoms with E-state index in [0.29, 0.717) is 10.5 Å². The van der Waals surface area contributed by atoms with Crippen molar-refractivity contribution in [3.05, 3.63) is 28.5 Å². The first-order valence-electron chi connectivity index (χ1n) is 5.22. The van der Waals surface area contributed by atoms with Crippen molar-refractivity contribution in [1.82, 2.24) is 0 Å². The standard InChI is InChI=1S/C11H13BrFNOS/c12-10-2-1-9(7-11(10)13)14-8-3-5-16(15)6-4-8/h1-2,7-8,14H,3-6H2. The van der Waals surface area contributed by atoms with Gasteiger partial charge in [0.15, 0.2) is 0 Å². The SMILES string of the molecule is O=S1CCC(Nc2ccc(Br)c(F)c2)CC1. The second kappa shape index (κ2) is 5.27. The summed E-state index contributed by atoms with van der Waals surface area (Å²) in [5, 5.41) is 3.27. The van der Waals surface area contributed by atoms with Crippen molar-refractivity contribution in [2.45, 2.75) is 18.9 Å². The highest BCUT2D eigenvalue weighted by Gasteiger charge is 2.17. The summed E-state index contributed by atoms with van der Waals surface area (Å²) < 4.78 is 24.9. The lowest BCUT2D eigenvalue weighted by Crippen LogP contribution is -2.29. The molecule has 1 saturated heterocycles. The molecule has 2 rings (SSSR count). The average Bonchev–Trinajstić information content (AvgIpc) is 2.27. The van der Waals surface area contributed by atoms with Crippen molar-refractivity contribution in [3.8, 4) is 0 Å². The first-order valence-corrected chi connectivity index (χ1v) is 7.50. The van der Waals surface area contributed by atoms with Gasteiger partial charge in [0.25, 0.3) is 0 Å². The van der Waals surface area contributed by atoms with Crippen molar-refractivity contribution in [3.63, 3.8) is 0 Å². The number of benzene rings is 1. The summed E-state index contributed by atoms with van der Waals surface area (Å²) in [5.74, 6) is 1.23. The molecule has 1 N–H and O–H groups in total. The van der Waals surface area contributed by atoms with E-state index in [-0.39, 0.29) is 5.82 Å². The minimum absolute atomic E-state index is 0.260. The molecule has 1 aliphatic rings. The van der Waals surface area contributed by atoms with Crippen LogP contribution in [0.15, 0.2) is 22.7 Å². The zero-order valence-corrected chi connectivity index (χ0v) is 11.1. The summed E-state index contributed by atoms with van der Waals surface area (Å²) in [4.78, 5) is 0. The molecule has 16 heavy (non-hydrogen) atoms. The maximum atomic E-state index is 13.3. The Hall–Kier alpha value is -0.420. The highest BCUT2D eigenvalue weighted by molar-refractivity contribution is 9.10. The second-order valence-corrected chi connectivity index (χ2v) is 6.45. The predicted octanol–water partition coefficient (Wildman–Crippen LogP) is 2.91. The molecule has 1 aromatic rings. The van der Waals surface area contributed by atoms with Gasteiger partial charge in [-0.2, -0.15) is 0 Å². The van der Waals surface area contributed by atoms with Gasteiger partial charge in [0.05, 0.1) is 4.47 Å². The topological polar surface area (TPSA) is 29.1 Å². The molecule has 0 saturated carbocycles. The van der Waals surface area contributed by atoms with Crippen molar-refractivity contribution in [2.24, 2.45) is 0 Å². The largest absolute Gasteiger partial charge is 0.382 e. The fraction of sp³-hybridized carbons (Fsp3) is 0.455. The van der Waals surface area contributed by atoms with Gasteiger partial charge in [-0.25, -0.2) is 4.39 Å². The van der Waals surface area contributed by atoms with Crippen LogP contribution >= 0.6 is 15.9 Å². The molecule has 0 aliphatic carbocycles. The van der Waals surface area contributed by atoms with E-state index >= 15 is 0 Å². The molecule has 0 unspecified atom stereocenters. The minimum atomic E-state index is -0.649. The molecule has 2 nitrogen and oxygen atoms in total. The Morgan fingerprint density at radius 3 is 2.69 bits per heavy atom. The van der Waals surface area contributed by atoms with Crippen molar-refractivity contribution in [1.29, 1.82) is 0 Å². The van der Waals surface area contributed by atoms with E-state index < -0.39 is 10.8 Å². The zero-order valence-electron chi connectivity index (χ0n) is 8.71. The monoisotopic (exact) mass is 305 g/mol. The van der Waals surface area contributed by atoms with Crippen LogP contribution < -0.4 is 5.32 Å². The Bertz CT molecular complexity index is 403. The number of rotatable bonds is 2. The summed E-state index contributed by atoms with van der Waals surface area (Å²) in [5.41, 5.74) is 0.790. The molecule has 5 heteroatoms. The van der Waals surface area contributed by atoms with Gasteiger partial charge in [0.1, 0.15) is 5.82 Å². The first kappa shape index (κ1) is 12.0. The maximum absolute atomic E-state index is 13.3. The van der Waals surface area contributed by atoms with Crippen molar-refractivity contribution >= 4 is 32.4 Å². The Labute approximate surface area is 105 Å². The average molecular weight is 306 g/mol. The second-order valence-electron chi connectivity index (χ2n) is 3.90. The predicted molar refractivity (Wildman–Crippen MR) is 68.6 cm³/mol. The van der Waals surface area contributed by atoms with Crippen LogP contribution in [0.4, 0.5) is 10.1 Å². The fourth-order valence-electron chi connectivity index (χ4n) is 1.76. The number of nitrogens with one attached hydrogen (secondary N) is 1. The van der Waals surface area contributed by atoms with Crippen LogP contribution in [0.25, 0.3) is 0 Å². The van der Waals surface area contributed by atoms with Crippen LogP contribution in [0.2, 0.25) is 0 Å². The van der Waals surface area contributed by atoms with Gasteiger partial charge in [0, 0.05) is 34.0 Å². The highest BCUT2D eigenvalue weighted by atomic mass is 79.9. The van der Waals surface area contributed by atoms with Gasteiger partial charge < -0.3 is 5.32 Å². The Kier molecular flexibility index (Phi) is 3.97. The Balaban J connectivity index is 1.98. The van der Waals surface area contributed by atoms with E-state index in [0.717, 1.165) is 30.0 Å². The lowest BCUT2D eigenvalue weighted by Gasteiger charge is -2.23. The molecule has 0 atom stereocenters. The lowest BCUT2D eigenvalue weighted by molar-refractivity contribution is 0.614. The van der Waals surface area contributed by atoms with E-state index in [2.05, 4.69) is 21.2 Å². The normalized spacial score (nSPS) is 25.4. The molecule has 0 bridgehead atoms. The van der Waals surface area contributed by atoms with Crippen LogP contribution in [-0.4, -0.2) is 21.8 Å². The molecule has 1 aromatic carbocycles. The molecule has 0 amide bonds. The number of hydrogen-bond acceptors (Lipinski definition) is 2. The summed E-state index contributed by atoms with van der Waals surface area (Å²) in [6.07, 6.45) is 1.79. The third-order valence-electron chi connectivity index (χ3n) is 2.68. The van der Waals surface area contributed by atoms with Gasteiger partial charge in [-0.05, 0) is 47.0 Å². The van der Waals surface area contributed by atoms with E-state index in [4.69, 9.17) is 0 Å². The van der Waals surface area contributed by atoms with Crippen LogP contribution in [0, 0.1) is 5.82 Å². The maximum Gasteiger partial charge on any atom is 0.139 e. The van der Waals surface area contributed by atoms with Crippen molar-refractivity contribution in [2.75, 3.05) is 16.8 Å². The zero-order chi connectivity index (χ0) is 11.5. The number of halogens is 2. The molecule has 88 valence electrons. The third-order valence-corrected chi connectivity index (χ3v) is 4.70. The first-order chi connectivity index (χ1) is 7.65. The number of anilines is 1. The van der Waals surface area contributed by atoms with Crippen LogP contribution in [-0.2, 0) is 10.8 Å². The van der Waals surface area contributed by atoms with Gasteiger partial charge in [0.2, 0.25) is 0 Å². The number of hydrogen-bond donors (Lipinski definition) is 1. The summed E-state index contributed by atoms with van der Waals surface area (Å²) in [6, 6.07) is 5.34. The summed E-state index contributed by atoms with van der Waals surface area (Å²) in [7, 11) is -0.649. The Morgan fingerprint density at radius 1 is 1.38 bits per heavy atom. The smallest absolute Gasteiger partial charge is 0.139 e. The molecular formula is C11H13BrFNOS. The molecule has 0 spiro atoms. The molecule has 1 fully saturated rings. The van der Waals surface area contributed by atoms with Gasteiger partial charge in [-0.15, -0.1) is 0 Å². The van der Waals surface area contributed by atoms with Gasteiger partial charge in [-0.3, -0.25) is 4.21 Å². The highest BCUT2D eigenvalue weighted by Crippen LogP contribution is 2.21. The van der Waals surface area contributed by atoms with Gasteiger partial charge >= 0.3 is 0 Å². The third kappa shape index (κ3) is 3.04. The van der Waals surface area contributed by atoms with E-state index in [1.165, 1.54) is 6.07 Å². The van der Waals surface area contributed by atoms with Gasteiger partial charge in [-0.1, -0.05) is 0 Å². The Morgan fingerprint density at radius 2 is 2.06 bits per heavy atom. The molecule has 1 aliphatic heterocycles. The van der Waals surface area contributed by atoms with E-state index in [9.17, 15) is 8.60 Å². The van der Waals surface area contributed by atoms with Crippen LogP contribution in [0.3, 0.4) is 0 Å². The van der Waals surface area contributed by atoms with E-state index in [1.807, 2.05) is 6.07 Å². The molecule has 0 aromatic heterocycles. The van der Waals surface area contributed by atoms with Crippen molar-refractivity contribution < 1.29 is 8.60 Å². The van der Waals surface area contributed by atoms with E-state index in [1.54, 1.807) is 6.07 Å². The van der Waals surface area contributed by atoms with Crippen LogP contribution in [0.5, 0.6) is 0 Å². The van der Waals surface area contributed by atoms with Crippen LogP contribution in [0.1, 0.15) is 12.8 Å². The minimum Gasteiger partial charge on any atom is -0.382 e. The quantitative estimate of drug-likeness (QED) is 0.910.